The monoisotopic (exact) mass is 324 g/mol. The molecule has 0 bridgehead atoms. The van der Waals surface area contributed by atoms with Crippen molar-refractivity contribution in [1.29, 1.82) is 0 Å². The van der Waals surface area contributed by atoms with Gasteiger partial charge < -0.3 is 9.84 Å². The van der Waals surface area contributed by atoms with Crippen LogP contribution >= 0.6 is 0 Å². The van der Waals surface area contributed by atoms with Gasteiger partial charge >= 0.3 is 0 Å². The van der Waals surface area contributed by atoms with E-state index in [1.54, 1.807) is 12.3 Å². The molecular formula is C18H20N4O2. The zero-order valence-electron chi connectivity index (χ0n) is 14.0. The first kappa shape index (κ1) is 16.0. The third-order valence-electron chi connectivity index (χ3n) is 4.06. The van der Waals surface area contributed by atoms with Crippen LogP contribution < -0.4 is 5.32 Å². The molecule has 0 spiro atoms. The van der Waals surface area contributed by atoms with Gasteiger partial charge in [0.25, 0.3) is 5.91 Å². The molecule has 3 rings (SSSR count). The highest BCUT2D eigenvalue weighted by atomic mass is 16.5. The lowest BCUT2D eigenvalue weighted by molar-refractivity contribution is 0.0930. The Bertz CT molecular complexity index is 836. The van der Waals surface area contributed by atoms with E-state index in [0.29, 0.717) is 5.76 Å². The summed E-state index contributed by atoms with van der Waals surface area (Å²) in [5, 5.41) is 11.1. The molecule has 3 aromatic rings. The average Bonchev–Trinajstić information content (AvgIpc) is 3.22. The first-order chi connectivity index (χ1) is 11.6. The zero-order valence-corrected chi connectivity index (χ0v) is 14.0. The fourth-order valence-corrected chi connectivity index (χ4v) is 2.67. The number of carbonyl (C=O) groups excluding carboxylic acids is 1. The van der Waals surface area contributed by atoms with Gasteiger partial charge in [0.2, 0.25) is 0 Å². The van der Waals surface area contributed by atoms with Gasteiger partial charge in [0, 0.05) is 29.4 Å². The zero-order chi connectivity index (χ0) is 17.1. The summed E-state index contributed by atoms with van der Waals surface area (Å²) >= 11 is 0. The van der Waals surface area contributed by atoms with Gasteiger partial charge in [0.05, 0.1) is 12.2 Å². The fraction of sp³-hybridized carbons (Fsp3) is 0.278. The Balaban J connectivity index is 1.73. The van der Waals surface area contributed by atoms with Crippen LogP contribution in [0.1, 0.15) is 41.6 Å². The van der Waals surface area contributed by atoms with Gasteiger partial charge in [-0.15, -0.1) is 0 Å². The predicted octanol–water partition coefficient (Wildman–Crippen LogP) is 3.36. The summed E-state index contributed by atoms with van der Waals surface area (Å²) in [6.45, 7) is 6.77. The van der Waals surface area contributed by atoms with Crippen LogP contribution in [0.4, 0.5) is 0 Å². The summed E-state index contributed by atoms with van der Waals surface area (Å²) in [7, 11) is 0. The molecule has 1 atom stereocenters. The second kappa shape index (κ2) is 6.70. The maximum Gasteiger partial charge on any atom is 0.273 e. The Hall–Kier alpha value is -2.89. The van der Waals surface area contributed by atoms with Crippen LogP contribution in [-0.4, -0.2) is 20.8 Å². The first-order valence-electron chi connectivity index (χ1n) is 7.95. The van der Waals surface area contributed by atoms with Crippen molar-refractivity contribution in [1.82, 2.24) is 20.3 Å². The van der Waals surface area contributed by atoms with Gasteiger partial charge in [-0.25, -0.2) is 0 Å². The maximum atomic E-state index is 12.4. The van der Waals surface area contributed by atoms with Crippen LogP contribution in [0.15, 0.2) is 47.1 Å². The molecule has 2 heterocycles. The second-order valence-electron chi connectivity index (χ2n) is 5.64. The molecule has 24 heavy (non-hydrogen) atoms. The smallest absolute Gasteiger partial charge is 0.273 e. The topological polar surface area (TPSA) is 73.0 Å². The highest BCUT2D eigenvalue weighted by molar-refractivity contribution is 5.93. The van der Waals surface area contributed by atoms with Gasteiger partial charge in [-0.1, -0.05) is 35.5 Å². The number of nitrogens with zero attached hydrogens (tertiary/aromatic N) is 3. The molecule has 0 radical (unpaired) electrons. The summed E-state index contributed by atoms with van der Waals surface area (Å²) < 4.78 is 7.18. The summed E-state index contributed by atoms with van der Waals surface area (Å²) in [5.74, 6) is 0.306. The van der Waals surface area contributed by atoms with E-state index in [0.717, 1.165) is 23.4 Å². The van der Waals surface area contributed by atoms with Gasteiger partial charge in [-0.3, -0.25) is 9.48 Å². The molecule has 0 unspecified atom stereocenters. The molecule has 0 aliphatic heterocycles. The molecule has 6 nitrogen and oxygen atoms in total. The van der Waals surface area contributed by atoms with Gasteiger partial charge in [0.15, 0.2) is 11.5 Å². The molecule has 0 fully saturated rings. The summed E-state index contributed by atoms with van der Waals surface area (Å²) in [6.07, 6.45) is 1.79. The Labute approximate surface area is 140 Å². The minimum atomic E-state index is -0.267. The number of benzene rings is 1. The van der Waals surface area contributed by atoms with Crippen LogP contribution in [0, 0.1) is 6.92 Å². The molecule has 1 N–H and O–H groups in total. The van der Waals surface area contributed by atoms with E-state index >= 15 is 0 Å². The van der Waals surface area contributed by atoms with Gasteiger partial charge in [-0.2, -0.15) is 5.10 Å². The third kappa shape index (κ3) is 3.08. The van der Waals surface area contributed by atoms with Crippen molar-refractivity contribution in [3.05, 3.63) is 59.5 Å². The number of carbonyl (C=O) groups is 1. The molecule has 1 aromatic carbocycles. The van der Waals surface area contributed by atoms with E-state index in [1.165, 1.54) is 0 Å². The maximum absolute atomic E-state index is 12.4. The van der Waals surface area contributed by atoms with Crippen LogP contribution in [0.3, 0.4) is 0 Å². The van der Waals surface area contributed by atoms with Crippen molar-refractivity contribution in [2.75, 3.05) is 0 Å². The Kier molecular flexibility index (Phi) is 4.46. The second-order valence-corrected chi connectivity index (χ2v) is 5.64. The molecule has 6 heteroatoms. The van der Waals surface area contributed by atoms with E-state index in [-0.39, 0.29) is 17.6 Å². The summed E-state index contributed by atoms with van der Waals surface area (Å²) in [5.41, 5.74) is 3.20. The van der Waals surface area contributed by atoms with Crippen molar-refractivity contribution in [3.63, 3.8) is 0 Å². The Morgan fingerprint density at radius 1 is 1.33 bits per heavy atom. The van der Waals surface area contributed by atoms with E-state index < -0.39 is 0 Å². The van der Waals surface area contributed by atoms with Gasteiger partial charge in [0.1, 0.15) is 0 Å². The third-order valence-corrected chi connectivity index (χ3v) is 4.06. The average molecular weight is 324 g/mol. The molecule has 1 amide bonds. The summed E-state index contributed by atoms with van der Waals surface area (Å²) in [6, 6.07) is 11.1. The molecular weight excluding hydrogens is 304 g/mol. The van der Waals surface area contributed by atoms with Crippen molar-refractivity contribution < 1.29 is 9.32 Å². The number of amides is 1. The normalized spacial score (nSPS) is 12.1. The van der Waals surface area contributed by atoms with Gasteiger partial charge in [-0.05, 0) is 20.8 Å². The van der Waals surface area contributed by atoms with Crippen LogP contribution in [0.25, 0.3) is 11.3 Å². The lowest BCUT2D eigenvalue weighted by Gasteiger charge is -2.12. The number of hydrogen-bond donors (Lipinski definition) is 1. The minimum absolute atomic E-state index is 0.158. The molecule has 0 aliphatic carbocycles. The van der Waals surface area contributed by atoms with Crippen molar-refractivity contribution in [2.45, 2.75) is 33.4 Å². The van der Waals surface area contributed by atoms with E-state index in [2.05, 4.69) is 15.6 Å². The lowest BCUT2D eigenvalue weighted by Crippen LogP contribution is -2.27. The molecule has 2 aromatic heterocycles. The largest absolute Gasteiger partial charge is 0.355 e. The Morgan fingerprint density at radius 2 is 2.08 bits per heavy atom. The highest BCUT2D eigenvalue weighted by Gasteiger charge is 2.19. The van der Waals surface area contributed by atoms with E-state index in [4.69, 9.17) is 4.52 Å². The van der Waals surface area contributed by atoms with Crippen molar-refractivity contribution in [2.24, 2.45) is 0 Å². The number of aryl methyl sites for hydroxylation is 1. The Morgan fingerprint density at radius 3 is 2.75 bits per heavy atom. The minimum Gasteiger partial charge on any atom is -0.355 e. The van der Waals surface area contributed by atoms with Crippen LogP contribution in [-0.2, 0) is 6.54 Å². The SMILES string of the molecule is CCn1ncc([C@@H](C)NC(=O)c2cc(-c3ccccc3)on2)c1C. The van der Waals surface area contributed by atoms with Crippen LogP contribution in [0.2, 0.25) is 0 Å². The van der Waals surface area contributed by atoms with Crippen molar-refractivity contribution >= 4 is 5.91 Å². The number of hydrogen-bond acceptors (Lipinski definition) is 4. The molecule has 124 valence electrons. The standard InChI is InChI=1S/C18H20N4O2/c1-4-22-13(3)15(11-19-22)12(2)20-18(23)16-10-17(24-21-16)14-8-6-5-7-9-14/h5-12H,4H2,1-3H3,(H,20,23)/t12-/m1/s1. The predicted molar refractivity (Wildman–Crippen MR) is 90.5 cm³/mol. The highest BCUT2D eigenvalue weighted by Crippen LogP contribution is 2.21. The number of nitrogens with one attached hydrogen (secondary N) is 1. The molecule has 0 saturated carbocycles. The number of aromatic nitrogens is 3. The van der Waals surface area contributed by atoms with E-state index in [1.807, 2.05) is 55.8 Å². The quantitative estimate of drug-likeness (QED) is 0.781. The van der Waals surface area contributed by atoms with Crippen LogP contribution in [0.5, 0.6) is 0 Å². The molecule has 0 saturated heterocycles. The lowest BCUT2D eigenvalue weighted by atomic mass is 10.1. The number of rotatable bonds is 5. The fourth-order valence-electron chi connectivity index (χ4n) is 2.67. The summed E-state index contributed by atoms with van der Waals surface area (Å²) in [4.78, 5) is 12.4. The van der Waals surface area contributed by atoms with E-state index in [9.17, 15) is 4.79 Å². The van der Waals surface area contributed by atoms with Crippen molar-refractivity contribution in [3.8, 4) is 11.3 Å². The first-order valence-corrected chi connectivity index (χ1v) is 7.95. The molecule has 0 aliphatic rings.